The third kappa shape index (κ3) is 4.32. The molecule has 0 aliphatic rings. The number of amides is 1. The molecule has 0 aliphatic carbocycles. The maximum absolute atomic E-state index is 12.3. The van der Waals surface area contributed by atoms with Crippen LogP contribution in [0.25, 0.3) is 10.9 Å². The fourth-order valence-electron chi connectivity index (χ4n) is 2.56. The molecule has 0 saturated heterocycles. The number of ketones is 1. The minimum atomic E-state index is -0.518. The van der Waals surface area contributed by atoms with Gasteiger partial charge in [-0.25, -0.2) is 9.97 Å². The number of thioether (sulfide) groups is 1. The van der Waals surface area contributed by atoms with E-state index in [1.165, 1.54) is 19.1 Å². The van der Waals surface area contributed by atoms with Crippen LogP contribution in [0.4, 0.5) is 11.4 Å². The Balaban J connectivity index is 1.76. The standard InChI is InChI=1S/C19H16N4O4S/c1-11-7-8-13(23(26)27)9-16(11)20-17(25)10-28-19-21-15-6-4-3-5-14(15)18(22-19)12(2)24/h3-9H,10H2,1-2H3,(H,20,25). The van der Waals surface area contributed by atoms with Gasteiger partial charge in [-0.05, 0) is 18.6 Å². The molecule has 0 aliphatic heterocycles. The topological polar surface area (TPSA) is 115 Å². The third-order valence-corrected chi connectivity index (χ3v) is 4.80. The summed E-state index contributed by atoms with van der Waals surface area (Å²) in [5.41, 5.74) is 1.93. The van der Waals surface area contributed by atoms with Crippen LogP contribution in [-0.4, -0.2) is 32.3 Å². The van der Waals surface area contributed by atoms with Crippen LogP contribution < -0.4 is 5.32 Å². The van der Waals surface area contributed by atoms with Crippen LogP contribution in [0.3, 0.4) is 0 Å². The Hall–Kier alpha value is -3.33. The molecular weight excluding hydrogens is 380 g/mol. The molecule has 0 spiro atoms. The lowest BCUT2D eigenvalue weighted by Gasteiger charge is -2.09. The summed E-state index contributed by atoms with van der Waals surface area (Å²) in [6, 6.07) is 11.4. The summed E-state index contributed by atoms with van der Waals surface area (Å²) in [5, 5.41) is 14.5. The van der Waals surface area contributed by atoms with Crippen LogP contribution in [0.2, 0.25) is 0 Å². The van der Waals surface area contributed by atoms with Crippen LogP contribution in [0, 0.1) is 17.0 Å². The van der Waals surface area contributed by atoms with Gasteiger partial charge in [0.2, 0.25) is 5.91 Å². The van der Waals surface area contributed by atoms with Gasteiger partial charge in [0, 0.05) is 24.4 Å². The smallest absolute Gasteiger partial charge is 0.271 e. The molecule has 1 heterocycles. The molecule has 2 aromatic carbocycles. The monoisotopic (exact) mass is 396 g/mol. The number of hydrogen-bond acceptors (Lipinski definition) is 7. The second-order valence-electron chi connectivity index (χ2n) is 6.02. The first-order valence-electron chi connectivity index (χ1n) is 8.30. The molecule has 142 valence electrons. The molecule has 0 radical (unpaired) electrons. The molecule has 9 heteroatoms. The number of carbonyl (C=O) groups excluding carboxylic acids is 2. The molecule has 8 nitrogen and oxygen atoms in total. The summed E-state index contributed by atoms with van der Waals surface area (Å²) in [5.74, 6) is -0.537. The minimum absolute atomic E-state index is 0.00217. The zero-order valence-electron chi connectivity index (χ0n) is 15.1. The van der Waals surface area contributed by atoms with E-state index >= 15 is 0 Å². The van der Waals surface area contributed by atoms with Gasteiger partial charge in [-0.3, -0.25) is 19.7 Å². The Morgan fingerprint density at radius 3 is 2.64 bits per heavy atom. The van der Waals surface area contributed by atoms with Gasteiger partial charge in [-0.15, -0.1) is 0 Å². The SMILES string of the molecule is CC(=O)c1nc(SCC(=O)Nc2cc([N+](=O)[O-])ccc2C)nc2ccccc12. The van der Waals surface area contributed by atoms with E-state index in [-0.39, 0.29) is 23.1 Å². The fraction of sp³-hybridized carbons (Fsp3) is 0.158. The average Bonchev–Trinajstić information content (AvgIpc) is 2.67. The highest BCUT2D eigenvalue weighted by atomic mass is 32.2. The van der Waals surface area contributed by atoms with E-state index < -0.39 is 4.92 Å². The molecule has 0 atom stereocenters. The maximum Gasteiger partial charge on any atom is 0.271 e. The summed E-state index contributed by atoms with van der Waals surface area (Å²) in [4.78, 5) is 43.2. The molecule has 3 rings (SSSR count). The van der Waals surface area contributed by atoms with Gasteiger partial charge in [0.05, 0.1) is 21.9 Å². The van der Waals surface area contributed by atoms with Gasteiger partial charge in [-0.1, -0.05) is 36.0 Å². The quantitative estimate of drug-likeness (QED) is 0.222. The number of hydrogen-bond donors (Lipinski definition) is 1. The van der Waals surface area contributed by atoms with Gasteiger partial charge in [0.15, 0.2) is 10.9 Å². The summed E-state index contributed by atoms with van der Waals surface area (Å²) >= 11 is 1.09. The van der Waals surface area contributed by atoms with Crippen molar-refractivity contribution in [3.63, 3.8) is 0 Å². The number of anilines is 1. The fourth-order valence-corrected chi connectivity index (χ4v) is 3.21. The number of aryl methyl sites for hydroxylation is 1. The molecule has 1 N–H and O–H groups in total. The van der Waals surface area contributed by atoms with Gasteiger partial charge in [-0.2, -0.15) is 0 Å². The second kappa shape index (κ2) is 8.13. The highest BCUT2D eigenvalue weighted by Crippen LogP contribution is 2.24. The number of fused-ring (bicyclic) bond motifs is 1. The first-order chi connectivity index (χ1) is 13.3. The molecule has 0 fully saturated rings. The number of nitro benzene ring substituents is 1. The number of nitrogens with zero attached hydrogens (tertiary/aromatic N) is 3. The minimum Gasteiger partial charge on any atom is -0.325 e. The molecule has 3 aromatic rings. The van der Waals surface area contributed by atoms with Crippen molar-refractivity contribution in [2.24, 2.45) is 0 Å². The van der Waals surface area contributed by atoms with Gasteiger partial charge in [0.25, 0.3) is 5.69 Å². The summed E-state index contributed by atoms with van der Waals surface area (Å²) < 4.78 is 0. The second-order valence-corrected chi connectivity index (χ2v) is 6.96. The van der Waals surface area contributed by atoms with Crippen LogP contribution in [-0.2, 0) is 4.79 Å². The predicted octanol–water partition coefficient (Wildman–Crippen LogP) is 3.78. The zero-order valence-corrected chi connectivity index (χ0v) is 15.9. The number of rotatable bonds is 6. The maximum atomic E-state index is 12.3. The molecule has 0 saturated carbocycles. The van der Waals surface area contributed by atoms with E-state index in [9.17, 15) is 19.7 Å². The summed E-state index contributed by atoms with van der Waals surface area (Å²) in [6.45, 7) is 3.18. The van der Waals surface area contributed by atoms with E-state index in [0.29, 0.717) is 33.0 Å². The van der Waals surface area contributed by atoms with Gasteiger partial charge < -0.3 is 5.32 Å². The molecule has 0 bridgehead atoms. The Bertz CT molecular complexity index is 1100. The number of nitro groups is 1. The van der Waals surface area contributed by atoms with Crippen LogP contribution in [0.1, 0.15) is 23.0 Å². The van der Waals surface area contributed by atoms with E-state index in [1.807, 2.05) is 6.07 Å². The van der Waals surface area contributed by atoms with Crippen LogP contribution in [0.15, 0.2) is 47.6 Å². The zero-order chi connectivity index (χ0) is 20.3. The van der Waals surface area contributed by atoms with E-state index in [4.69, 9.17) is 0 Å². The van der Waals surface area contributed by atoms with Gasteiger partial charge >= 0.3 is 0 Å². The van der Waals surface area contributed by atoms with Crippen LogP contribution >= 0.6 is 11.8 Å². The lowest BCUT2D eigenvalue weighted by molar-refractivity contribution is -0.384. The summed E-state index contributed by atoms with van der Waals surface area (Å²) in [7, 11) is 0. The molecule has 0 unspecified atom stereocenters. The third-order valence-electron chi connectivity index (χ3n) is 3.95. The van der Waals surface area contributed by atoms with E-state index in [1.54, 1.807) is 31.2 Å². The highest BCUT2D eigenvalue weighted by molar-refractivity contribution is 7.99. The highest BCUT2D eigenvalue weighted by Gasteiger charge is 2.14. The van der Waals surface area contributed by atoms with Crippen molar-refractivity contribution >= 4 is 45.7 Å². The average molecular weight is 396 g/mol. The van der Waals surface area contributed by atoms with Crippen molar-refractivity contribution in [3.05, 3.63) is 63.8 Å². The molecular formula is C19H16N4O4S. The Morgan fingerprint density at radius 2 is 1.93 bits per heavy atom. The van der Waals surface area contributed by atoms with Crippen molar-refractivity contribution in [2.45, 2.75) is 19.0 Å². The van der Waals surface area contributed by atoms with E-state index in [0.717, 1.165) is 11.8 Å². The number of non-ortho nitro benzene ring substituents is 1. The molecule has 1 aromatic heterocycles. The lowest BCUT2D eigenvalue weighted by atomic mass is 10.1. The predicted molar refractivity (Wildman–Crippen MR) is 107 cm³/mol. The number of Topliss-reactive ketones (excluding diaryl/α,β-unsaturated/α-hetero) is 1. The van der Waals surface area contributed by atoms with Crippen LogP contribution in [0.5, 0.6) is 0 Å². The number of carbonyl (C=O) groups is 2. The molecule has 1 amide bonds. The number of aromatic nitrogens is 2. The first-order valence-corrected chi connectivity index (χ1v) is 9.29. The van der Waals surface area contributed by atoms with Crippen molar-refractivity contribution in [1.29, 1.82) is 0 Å². The van der Waals surface area contributed by atoms with Crippen molar-refractivity contribution in [1.82, 2.24) is 9.97 Å². The van der Waals surface area contributed by atoms with E-state index in [2.05, 4.69) is 15.3 Å². The molecule has 28 heavy (non-hydrogen) atoms. The number of benzene rings is 2. The van der Waals surface area contributed by atoms with Crippen molar-refractivity contribution < 1.29 is 14.5 Å². The Morgan fingerprint density at radius 1 is 1.18 bits per heavy atom. The van der Waals surface area contributed by atoms with Gasteiger partial charge in [0.1, 0.15) is 5.69 Å². The largest absolute Gasteiger partial charge is 0.325 e. The van der Waals surface area contributed by atoms with Crippen molar-refractivity contribution in [2.75, 3.05) is 11.1 Å². The lowest BCUT2D eigenvalue weighted by Crippen LogP contribution is -2.15. The normalized spacial score (nSPS) is 10.6. The first kappa shape index (κ1) is 19.4. The number of para-hydroxylation sites is 1. The Labute approximate surface area is 164 Å². The summed E-state index contributed by atoms with van der Waals surface area (Å²) in [6.07, 6.45) is 0. The number of nitrogens with one attached hydrogen (secondary N) is 1. The van der Waals surface area contributed by atoms with Crippen molar-refractivity contribution in [3.8, 4) is 0 Å². The Kier molecular flexibility index (Phi) is 5.65.